The number of allylic oxidation sites excluding steroid dienone is 2. The Morgan fingerprint density at radius 2 is 1.92 bits per heavy atom. The van der Waals surface area contributed by atoms with Crippen LogP contribution in [-0.2, 0) is 6.42 Å². The number of phenolic OH excluding ortho intramolecular Hbond substituents is 1. The van der Waals surface area contributed by atoms with Crippen molar-refractivity contribution in [2.45, 2.75) is 83.0 Å². The molecular weight excluding hydrogens is 318 g/mol. The number of aromatic hydroxyl groups is 1. The quantitative estimate of drug-likeness (QED) is 0.559. The third-order valence-corrected chi connectivity index (χ3v) is 6.48. The van der Waals surface area contributed by atoms with Crippen LogP contribution in [0, 0.1) is 23.2 Å². The first kappa shape index (κ1) is 19.0. The summed E-state index contributed by atoms with van der Waals surface area (Å²) in [6.45, 7) is 0. The Balaban J connectivity index is 1.59. The molecule has 0 saturated heterocycles. The summed E-state index contributed by atoms with van der Waals surface area (Å²) in [5.74, 6) is 2.38. The van der Waals surface area contributed by atoms with Crippen molar-refractivity contribution in [1.82, 2.24) is 0 Å². The molecule has 2 fully saturated rings. The van der Waals surface area contributed by atoms with Gasteiger partial charge in [-0.2, -0.15) is 5.26 Å². The van der Waals surface area contributed by atoms with E-state index in [4.69, 9.17) is 5.26 Å². The van der Waals surface area contributed by atoms with Crippen molar-refractivity contribution in [3.63, 3.8) is 0 Å². The first-order valence-corrected chi connectivity index (χ1v) is 10.6. The van der Waals surface area contributed by atoms with E-state index >= 15 is 0 Å². The molecule has 0 aromatic heterocycles. The molecule has 1 N–H and O–H groups in total. The molecule has 140 valence electrons. The highest BCUT2D eigenvalue weighted by molar-refractivity contribution is 5.43. The van der Waals surface area contributed by atoms with Gasteiger partial charge in [-0.05, 0) is 61.0 Å². The molecular formula is C24H33NO. The van der Waals surface area contributed by atoms with E-state index in [1.807, 2.05) is 12.1 Å². The Hall–Kier alpha value is -1.75. The first-order valence-electron chi connectivity index (χ1n) is 10.6. The second-order valence-electron chi connectivity index (χ2n) is 8.22. The Bertz CT molecular complexity index is 636. The Morgan fingerprint density at radius 1 is 1.08 bits per heavy atom. The maximum Gasteiger partial charge on any atom is 0.122 e. The standard InChI is InChI=1S/C24H33NO/c25-18-8-15-21-14-7-17-23(24(21)26)22-16-6-13-20(22)12-5-4-11-19-9-2-1-3-10-19/h5,7,12,14,17,19-20,22,26H,1-4,6,8-11,13,15-16H2/b12-5+/t20?,22-/m0/s1. The summed E-state index contributed by atoms with van der Waals surface area (Å²) in [5.41, 5.74) is 2.02. The van der Waals surface area contributed by atoms with Crippen molar-refractivity contribution in [2.75, 3.05) is 0 Å². The second kappa shape index (κ2) is 9.81. The number of hydrogen-bond acceptors (Lipinski definition) is 2. The van der Waals surface area contributed by atoms with Crippen molar-refractivity contribution in [1.29, 1.82) is 5.26 Å². The fourth-order valence-electron chi connectivity index (χ4n) is 4.99. The van der Waals surface area contributed by atoms with Gasteiger partial charge in [0.05, 0.1) is 6.07 Å². The van der Waals surface area contributed by atoms with E-state index in [2.05, 4.69) is 24.3 Å². The lowest BCUT2D eigenvalue weighted by Crippen LogP contribution is -2.06. The topological polar surface area (TPSA) is 44.0 Å². The van der Waals surface area contributed by atoms with Gasteiger partial charge in [-0.25, -0.2) is 0 Å². The van der Waals surface area contributed by atoms with E-state index in [1.54, 1.807) is 0 Å². The van der Waals surface area contributed by atoms with Crippen LogP contribution >= 0.6 is 0 Å². The summed E-state index contributed by atoms with van der Waals surface area (Å²) in [4.78, 5) is 0. The van der Waals surface area contributed by atoms with Crippen molar-refractivity contribution in [2.24, 2.45) is 11.8 Å². The molecule has 1 aromatic carbocycles. The zero-order valence-electron chi connectivity index (χ0n) is 16.0. The van der Waals surface area contributed by atoms with Crippen molar-refractivity contribution >= 4 is 0 Å². The second-order valence-corrected chi connectivity index (χ2v) is 8.22. The van der Waals surface area contributed by atoms with Gasteiger partial charge < -0.3 is 5.11 Å². The molecule has 0 heterocycles. The largest absolute Gasteiger partial charge is 0.507 e. The monoisotopic (exact) mass is 351 g/mol. The van der Waals surface area contributed by atoms with Crippen LogP contribution in [0.5, 0.6) is 5.75 Å². The first-order chi connectivity index (χ1) is 12.8. The van der Waals surface area contributed by atoms with Crippen LogP contribution in [0.25, 0.3) is 0 Å². The van der Waals surface area contributed by atoms with Crippen LogP contribution < -0.4 is 0 Å². The van der Waals surface area contributed by atoms with E-state index in [9.17, 15) is 5.11 Å². The van der Waals surface area contributed by atoms with Crippen LogP contribution in [0.4, 0.5) is 0 Å². The molecule has 0 amide bonds. The zero-order chi connectivity index (χ0) is 18.2. The van der Waals surface area contributed by atoms with Gasteiger partial charge in [0.1, 0.15) is 5.75 Å². The minimum Gasteiger partial charge on any atom is -0.507 e. The predicted molar refractivity (Wildman–Crippen MR) is 107 cm³/mol. The molecule has 0 radical (unpaired) electrons. The lowest BCUT2D eigenvalue weighted by atomic mass is 9.85. The maximum atomic E-state index is 10.7. The van der Waals surface area contributed by atoms with Crippen molar-refractivity contribution in [3.8, 4) is 11.8 Å². The van der Waals surface area contributed by atoms with Crippen LogP contribution in [0.1, 0.15) is 87.7 Å². The maximum absolute atomic E-state index is 10.7. The molecule has 0 aliphatic heterocycles. The minimum atomic E-state index is 0.433. The fraction of sp³-hybridized carbons (Fsp3) is 0.625. The Labute approximate surface area is 158 Å². The van der Waals surface area contributed by atoms with Crippen molar-refractivity contribution < 1.29 is 5.11 Å². The van der Waals surface area contributed by atoms with Gasteiger partial charge in [-0.15, -0.1) is 0 Å². The lowest BCUT2D eigenvalue weighted by Gasteiger charge is -2.21. The zero-order valence-corrected chi connectivity index (χ0v) is 16.0. The van der Waals surface area contributed by atoms with Gasteiger partial charge >= 0.3 is 0 Å². The van der Waals surface area contributed by atoms with E-state index in [0.717, 1.165) is 23.5 Å². The van der Waals surface area contributed by atoms with E-state index in [0.29, 0.717) is 30.4 Å². The molecule has 2 aliphatic rings. The molecule has 0 spiro atoms. The van der Waals surface area contributed by atoms with Crippen LogP contribution in [0.2, 0.25) is 0 Å². The number of rotatable bonds is 7. The number of phenols is 1. The molecule has 2 atom stereocenters. The molecule has 1 unspecified atom stereocenters. The van der Waals surface area contributed by atoms with E-state index in [1.165, 1.54) is 57.8 Å². The van der Waals surface area contributed by atoms with Gasteiger partial charge in [-0.1, -0.05) is 68.9 Å². The van der Waals surface area contributed by atoms with Gasteiger partial charge in [0.25, 0.3) is 0 Å². The van der Waals surface area contributed by atoms with Gasteiger partial charge in [-0.3, -0.25) is 0 Å². The van der Waals surface area contributed by atoms with Gasteiger partial charge in [0.2, 0.25) is 0 Å². The number of benzene rings is 1. The third-order valence-electron chi connectivity index (χ3n) is 6.48. The molecule has 1 aromatic rings. The highest BCUT2D eigenvalue weighted by atomic mass is 16.3. The number of nitrogens with zero attached hydrogens (tertiary/aromatic N) is 1. The molecule has 0 bridgehead atoms. The van der Waals surface area contributed by atoms with Crippen LogP contribution in [-0.4, -0.2) is 5.11 Å². The smallest absolute Gasteiger partial charge is 0.122 e. The minimum absolute atomic E-state index is 0.433. The SMILES string of the molecule is N#CCCc1cccc([C@H]2CCCC2/C=C/CCC2CCCCC2)c1O. The number of para-hydroxylation sites is 1. The van der Waals surface area contributed by atoms with Gasteiger partial charge in [0.15, 0.2) is 0 Å². The number of hydrogen-bond donors (Lipinski definition) is 1. The molecule has 3 rings (SSSR count). The van der Waals surface area contributed by atoms with Crippen LogP contribution in [0.3, 0.4) is 0 Å². The lowest BCUT2D eigenvalue weighted by molar-refractivity contribution is 0.341. The summed E-state index contributed by atoms with van der Waals surface area (Å²) in [5, 5.41) is 19.5. The predicted octanol–water partition coefficient (Wildman–Crippen LogP) is 6.65. The summed E-state index contributed by atoms with van der Waals surface area (Å²) in [7, 11) is 0. The average Bonchev–Trinajstić information content (AvgIpc) is 3.13. The molecule has 2 saturated carbocycles. The normalized spacial score (nSPS) is 24.1. The molecule has 2 nitrogen and oxygen atoms in total. The Morgan fingerprint density at radius 3 is 2.73 bits per heavy atom. The molecule has 2 heteroatoms. The van der Waals surface area contributed by atoms with Gasteiger partial charge in [0, 0.05) is 6.42 Å². The average molecular weight is 352 g/mol. The summed E-state index contributed by atoms with van der Waals surface area (Å²) < 4.78 is 0. The number of aryl methyl sites for hydroxylation is 1. The molecule has 26 heavy (non-hydrogen) atoms. The highest BCUT2D eigenvalue weighted by Crippen LogP contribution is 2.44. The summed E-state index contributed by atoms with van der Waals surface area (Å²) in [6, 6.07) is 8.27. The van der Waals surface area contributed by atoms with E-state index in [-0.39, 0.29) is 0 Å². The van der Waals surface area contributed by atoms with E-state index < -0.39 is 0 Å². The third kappa shape index (κ3) is 4.91. The van der Waals surface area contributed by atoms with Crippen LogP contribution in [0.15, 0.2) is 30.4 Å². The van der Waals surface area contributed by atoms with Crippen molar-refractivity contribution in [3.05, 3.63) is 41.5 Å². The fourth-order valence-corrected chi connectivity index (χ4v) is 4.99. The summed E-state index contributed by atoms with van der Waals surface area (Å²) in [6.07, 6.45) is 19.3. The highest BCUT2D eigenvalue weighted by Gasteiger charge is 2.29. The Kier molecular flexibility index (Phi) is 7.18. The summed E-state index contributed by atoms with van der Waals surface area (Å²) >= 11 is 0. The molecule has 2 aliphatic carbocycles. The number of nitriles is 1.